The van der Waals surface area contributed by atoms with Gasteiger partial charge in [-0.3, -0.25) is 9.88 Å². The number of aromatic nitrogens is 1. The lowest BCUT2D eigenvalue weighted by Crippen LogP contribution is -2.41. The second kappa shape index (κ2) is 10.5. The molecule has 0 saturated carbocycles. The summed E-state index contributed by atoms with van der Waals surface area (Å²) in [5, 5.41) is 3.47. The molecule has 2 atom stereocenters. The molecule has 3 aromatic rings. The second-order valence-corrected chi connectivity index (χ2v) is 10.5. The smallest absolute Gasteiger partial charge is 0.406 e. The summed E-state index contributed by atoms with van der Waals surface area (Å²) in [5.74, 6) is 0.188. The number of nitrogens with zero attached hydrogens (tertiary/aromatic N) is 2. The van der Waals surface area contributed by atoms with Gasteiger partial charge in [-0.25, -0.2) is 0 Å². The van der Waals surface area contributed by atoms with Gasteiger partial charge in [0.05, 0.1) is 6.04 Å². The van der Waals surface area contributed by atoms with Crippen LogP contribution in [0.2, 0.25) is 0 Å². The van der Waals surface area contributed by atoms with Gasteiger partial charge in [0.2, 0.25) is 0 Å². The van der Waals surface area contributed by atoms with Crippen LogP contribution in [0.3, 0.4) is 0 Å². The molecule has 200 valence electrons. The first kappa shape index (κ1) is 26.4. The van der Waals surface area contributed by atoms with Gasteiger partial charge in [-0.05, 0) is 90.4 Å². The van der Waals surface area contributed by atoms with Crippen LogP contribution in [0.15, 0.2) is 60.9 Å². The number of hydrogen-bond acceptors (Lipinski definition) is 5. The van der Waals surface area contributed by atoms with Crippen LogP contribution in [0, 0.1) is 12.8 Å². The van der Waals surface area contributed by atoms with Gasteiger partial charge in [-0.2, -0.15) is 0 Å². The number of carbonyl (C=O) groups excluding carboxylic acids is 1. The summed E-state index contributed by atoms with van der Waals surface area (Å²) < 4.78 is 41.6. The predicted octanol–water partition coefficient (Wildman–Crippen LogP) is 5.85. The molecule has 2 aliphatic heterocycles. The third kappa shape index (κ3) is 5.20. The Morgan fingerprint density at radius 1 is 1.11 bits per heavy atom. The molecule has 3 heterocycles. The Hall–Kier alpha value is -3.23. The lowest BCUT2D eigenvalue weighted by molar-refractivity contribution is -0.274. The number of piperidine rings is 1. The molecule has 0 radical (unpaired) electrons. The number of aryl methyl sites for hydroxylation is 1. The van der Waals surface area contributed by atoms with Gasteiger partial charge in [0.15, 0.2) is 0 Å². The predicted molar refractivity (Wildman–Crippen MR) is 139 cm³/mol. The van der Waals surface area contributed by atoms with Crippen molar-refractivity contribution in [1.29, 1.82) is 0 Å². The van der Waals surface area contributed by atoms with E-state index in [1.54, 1.807) is 18.3 Å². The summed E-state index contributed by atoms with van der Waals surface area (Å²) >= 11 is 0. The molecule has 0 spiro atoms. The van der Waals surface area contributed by atoms with Gasteiger partial charge >= 0.3 is 6.36 Å². The quantitative estimate of drug-likeness (QED) is 0.394. The van der Waals surface area contributed by atoms with Crippen LogP contribution in [0.1, 0.15) is 59.2 Å². The van der Waals surface area contributed by atoms with Crippen LogP contribution in [0.5, 0.6) is 5.75 Å². The summed E-state index contributed by atoms with van der Waals surface area (Å²) in [6.07, 6.45) is 2.14. The normalized spacial score (nSPS) is 20.1. The fraction of sp³-hybridized carbons (Fsp3) is 0.400. The average molecular weight is 524 g/mol. The van der Waals surface area contributed by atoms with E-state index in [1.165, 1.54) is 23.3 Å². The standard InChI is InChI=1S/C30H32F3N3O2/c1-20-14-25(29(2,23-9-12-34-13-10-23)24-4-3-11-35-16-24)15-22-18-36(27(19-37)28(20)22)17-21-5-7-26(8-6-21)38-30(31,32)33/h3-8,11,14-16,19,23,27,34H,9-10,12-13,17-18H2,1-2H3. The average Bonchev–Trinajstić information content (AvgIpc) is 3.27. The highest BCUT2D eigenvalue weighted by Gasteiger charge is 2.40. The van der Waals surface area contributed by atoms with Gasteiger partial charge in [0, 0.05) is 30.9 Å². The second-order valence-electron chi connectivity index (χ2n) is 10.5. The zero-order valence-electron chi connectivity index (χ0n) is 21.6. The maximum atomic E-state index is 12.5. The molecule has 1 N–H and O–H groups in total. The van der Waals surface area contributed by atoms with E-state index >= 15 is 0 Å². The van der Waals surface area contributed by atoms with Crippen LogP contribution in [0.25, 0.3) is 0 Å². The first-order valence-corrected chi connectivity index (χ1v) is 13.0. The van der Waals surface area contributed by atoms with E-state index in [1.807, 2.05) is 12.3 Å². The summed E-state index contributed by atoms with van der Waals surface area (Å²) in [7, 11) is 0. The number of rotatable bonds is 7. The summed E-state index contributed by atoms with van der Waals surface area (Å²) in [5.41, 5.74) is 6.23. The fourth-order valence-corrected chi connectivity index (χ4v) is 6.27. The van der Waals surface area contributed by atoms with Crippen LogP contribution in [-0.2, 0) is 23.3 Å². The van der Waals surface area contributed by atoms with E-state index in [0.717, 1.165) is 54.5 Å². The number of hydrogen-bond donors (Lipinski definition) is 1. The van der Waals surface area contributed by atoms with Gasteiger partial charge < -0.3 is 14.8 Å². The third-order valence-electron chi connectivity index (χ3n) is 8.22. The van der Waals surface area contributed by atoms with Gasteiger partial charge in [-0.15, -0.1) is 13.2 Å². The van der Waals surface area contributed by atoms with Gasteiger partial charge in [0.1, 0.15) is 12.0 Å². The van der Waals surface area contributed by atoms with Gasteiger partial charge in [0.25, 0.3) is 0 Å². The number of alkyl halides is 3. The number of carbonyl (C=O) groups is 1. The minimum atomic E-state index is -4.73. The minimum absolute atomic E-state index is 0.228. The highest BCUT2D eigenvalue weighted by atomic mass is 19.4. The molecule has 1 aromatic heterocycles. The third-order valence-corrected chi connectivity index (χ3v) is 8.22. The van der Waals surface area contributed by atoms with Crippen molar-refractivity contribution in [2.45, 2.75) is 57.6 Å². The largest absolute Gasteiger partial charge is 0.573 e. The van der Waals surface area contributed by atoms with Crippen molar-refractivity contribution in [3.05, 3.63) is 94.3 Å². The number of halogens is 3. The Kier molecular flexibility index (Phi) is 7.29. The number of pyridine rings is 1. The molecule has 8 heteroatoms. The zero-order chi connectivity index (χ0) is 26.9. The topological polar surface area (TPSA) is 54.5 Å². The lowest BCUT2D eigenvalue weighted by Gasteiger charge is -2.41. The Labute approximate surface area is 221 Å². The number of benzene rings is 2. The molecular weight excluding hydrogens is 491 g/mol. The van der Waals surface area contributed by atoms with Crippen molar-refractivity contribution in [3.8, 4) is 5.75 Å². The Morgan fingerprint density at radius 3 is 2.47 bits per heavy atom. The Bertz CT molecular complexity index is 1270. The van der Waals surface area contributed by atoms with Crippen LogP contribution in [0.4, 0.5) is 13.2 Å². The van der Waals surface area contributed by atoms with E-state index in [2.05, 4.69) is 52.0 Å². The molecule has 1 saturated heterocycles. The molecular formula is C30H32F3N3O2. The molecule has 1 fully saturated rings. The number of fused-ring (bicyclic) bond motifs is 1. The van der Waals surface area contributed by atoms with Crippen molar-refractivity contribution in [3.63, 3.8) is 0 Å². The van der Waals surface area contributed by atoms with E-state index in [9.17, 15) is 18.0 Å². The van der Waals surface area contributed by atoms with Crippen molar-refractivity contribution < 1.29 is 22.7 Å². The molecule has 2 aliphatic rings. The van der Waals surface area contributed by atoms with Crippen LogP contribution >= 0.6 is 0 Å². The molecule has 5 rings (SSSR count). The van der Waals surface area contributed by atoms with Crippen LogP contribution in [-0.4, -0.2) is 35.6 Å². The maximum absolute atomic E-state index is 12.5. The van der Waals surface area contributed by atoms with Crippen molar-refractivity contribution in [2.75, 3.05) is 13.1 Å². The number of nitrogens with one attached hydrogen (secondary N) is 1. The SMILES string of the molecule is Cc1cc(C(C)(c2cccnc2)C2CCNCC2)cc2c1C(C=O)N(Cc1ccc(OC(F)(F)F)cc1)C2. The van der Waals surface area contributed by atoms with E-state index < -0.39 is 12.4 Å². The first-order valence-electron chi connectivity index (χ1n) is 13.0. The number of aldehydes is 1. The summed E-state index contributed by atoms with van der Waals surface area (Å²) in [6, 6.07) is 14.1. The lowest BCUT2D eigenvalue weighted by atomic mass is 9.64. The van der Waals surface area contributed by atoms with Crippen LogP contribution < -0.4 is 10.1 Å². The molecule has 0 aliphatic carbocycles. The minimum Gasteiger partial charge on any atom is -0.406 e. The maximum Gasteiger partial charge on any atom is 0.573 e. The molecule has 38 heavy (non-hydrogen) atoms. The Balaban J connectivity index is 1.45. The highest BCUT2D eigenvalue weighted by Crippen LogP contribution is 2.46. The van der Waals surface area contributed by atoms with Gasteiger partial charge in [-0.1, -0.05) is 37.3 Å². The zero-order valence-corrected chi connectivity index (χ0v) is 21.6. The summed E-state index contributed by atoms with van der Waals surface area (Å²) in [6.45, 7) is 7.38. The fourth-order valence-electron chi connectivity index (χ4n) is 6.27. The molecule has 0 bridgehead atoms. The van der Waals surface area contributed by atoms with E-state index in [0.29, 0.717) is 19.0 Å². The summed E-state index contributed by atoms with van der Waals surface area (Å²) in [4.78, 5) is 18.8. The van der Waals surface area contributed by atoms with E-state index in [-0.39, 0.29) is 11.2 Å². The molecule has 0 amide bonds. The molecule has 2 aromatic carbocycles. The van der Waals surface area contributed by atoms with Crippen molar-refractivity contribution in [2.24, 2.45) is 5.92 Å². The van der Waals surface area contributed by atoms with Crippen molar-refractivity contribution >= 4 is 6.29 Å². The number of ether oxygens (including phenoxy) is 1. The van der Waals surface area contributed by atoms with E-state index in [4.69, 9.17) is 0 Å². The molecule has 5 nitrogen and oxygen atoms in total. The monoisotopic (exact) mass is 523 g/mol. The molecule has 2 unspecified atom stereocenters. The highest BCUT2D eigenvalue weighted by molar-refractivity contribution is 5.67. The van der Waals surface area contributed by atoms with Crippen molar-refractivity contribution in [1.82, 2.24) is 15.2 Å². The first-order chi connectivity index (χ1) is 18.2. The Morgan fingerprint density at radius 2 is 1.84 bits per heavy atom.